The smallest absolute Gasteiger partial charge is 0.312 e. The molecular weight excluding hydrogens is 272 g/mol. The van der Waals surface area contributed by atoms with E-state index in [1.54, 1.807) is 0 Å². The van der Waals surface area contributed by atoms with Gasteiger partial charge in [-0.3, -0.25) is 0 Å². The summed E-state index contributed by atoms with van der Waals surface area (Å²) in [7, 11) is 0. The fourth-order valence-corrected chi connectivity index (χ4v) is 3.82. The fraction of sp³-hybridized carbons (Fsp3) is 0.947. The Bertz CT molecular complexity index is 275. The van der Waals surface area contributed by atoms with Crippen molar-refractivity contribution in [2.75, 3.05) is 0 Å². The Morgan fingerprint density at radius 1 is 0.955 bits per heavy atom. The standard InChI is InChI=1S/C19H38N2O/c1-2-3-4-5-6-7-8-9-13-16-18(21-19(20)22)17-14-11-10-12-15-17/h17-18H,2-16H2,1H3,(H3,20,21,22). The number of hydrogen-bond donors (Lipinski definition) is 2. The lowest BCUT2D eigenvalue weighted by Crippen LogP contribution is -2.43. The normalized spacial score (nSPS) is 17.3. The number of nitrogens with one attached hydrogen (secondary N) is 1. The van der Waals surface area contributed by atoms with Gasteiger partial charge >= 0.3 is 6.03 Å². The first-order chi connectivity index (χ1) is 10.7. The Balaban J connectivity index is 2.08. The van der Waals surface area contributed by atoms with Gasteiger partial charge in [-0.05, 0) is 25.2 Å². The van der Waals surface area contributed by atoms with E-state index in [2.05, 4.69) is 12.2 Å². The molecule has 0 bridgehead atoms. The van der Waals surface area contributed by atoms with Crippen LogP contribution < -0.4 is 11.1 Å². The van der Waals surface area contributed by atoms with E-state index < -0.39 is 0 Å². The van der Waals surface area contributed by atoms with Crippen LogP contribution in [0.15, 0.2) is 0 Å². The first kappa shape index (κ1) is 19.3. The highest BCUT2D eigenvalue weighted by Crippen LogP contribution is 2.28. The van der Waals surface area contributed by atoms with E-state index in [0.717, 1.165) is 6.42 Å². The van der Waals surface area contributed by atoms with Crippen LogP contribution in [0.5, 0.6) is 0 Å². The molecule has 1 unspecified atom stereocenters. The van der Waals surface area contributed by atoms with Gasteiger partial charge < -0.3 is 11.1 Å². The van der Waals surface area contributed by atoms with Crippen LogP contribution in [0.25, 0.3) is 0 Å². The van der Waals surface area contributed by atoms with Gasteiger partial charge in [-0.15, -0.1) is 0 Å². The zero-order chi connectivity index (χ0) is 16.0. The van der Waals surface area contributed by atoms with E-state index in [4.69, 9.17) is 5.73 Å². The van der Waals surface area contributed by atoms with Gasteiger partial charge in [0.2, 0.25) is 0 Å². The number of carbonyl (C=O) groups excluding carboxylic acids is 1. The summed E-state index contributed by atoms with van der Waals surface area (Å²) in [6, 6.07) is -0.0196. The number of urea groups is 1. The summed E-state index contributed by atoms with van der Waals surface area (Å²) < 4.78 is 0. The second-order valence-corrected chi connectivity index (χ2v) is 7.13. The monoisotopic (exact) mass is 310 g/mol. The molecule has 0 aromatic heterocycles. The average molecular weight is 311 g/mol. The zero-order valence-electron chi connectivity index (χ0n) is 14.7. The molecule has 3 N–H and O–H groups in total. The molecule has 0 aromatic rings. The summed E-state index contributed by atoms with van der Waals surface area (Å²) in [4.78, 5) is 11.2. The molecule has 3 heteroatoms. The highest BCUT2D eigenvalue weighted by molar-refractivity contribution is 5.71. The number of hydrogen-bond acceptors (Lipinski definition) is 1. The molecule has 0 spiro atoms. The fourth-order valence-electron chi connectivity index (χ4n) is 3.82. The van der Waals surface area contributed by atoms with E-state index in [1.807, 2.05) is 0 Å². The van der Waals surface area contributed by atoms with Gasteiger partial charge in [-0.2, -0.15) is 0 Å². The predicted octanol–water partition coefficient (Wildman–Crippen LogP) is 5.52. The largest absolute Gasteiger partial charge is 0.352 e. The average Bonchev–Trinajstić information content (AvgIpc) is 2.52. The molecule has 2 amide bonds. The minimum absolute atomic E-state index is 0.322. The Kier molecular flexibility index (Phi) is 11.2. The van der Waals surface area contributed by atoms with Crippen LogP contribution in [0.4, 0.5) is 4.79 Å². The van der Waals surface area contributed by atoms with Crippen molar-refractivity contribution in [2.24, 2.45) is 11.7 Å². The van der Waals surface area contributed by atoms with Gasteiger partial charge in [-0.1, -0.05) is 84.0 Å². The summed E-state index contributed by atoms with van der Waals surface area (Å²) in [5, 5.41) is 3.01. The number of nitrogens with two attached hydrogens (primary N) is 1. The van der Waals surface area contributed by atoms with Gasteiger partial charge in [-0.25, -0.2) is 4.79 Å². The van der Waals surface area contributed by atoms with Gasteiger partial charge in [0.15, 0.2) is 0 Å². The molecular formula is C19H38N2O. The maximum absolute atomic E-state index is 11.2. The molecule has 1 rings (SSSR count). The molecule has 1 atom stereocenters. The van der Waals surface area contributed by atoms with Crippen molar-refractivity contribution in [1.82, 2.24) is 5.32 Å². The molecule has 0 saturated heterocycles. The highest BCUT2D eigenvalue weighted by atomic mass is 16.2. The Hall–Kier alpha value is -0.730. The lowest BCUT2D eigenvalue weighted by molar-refractivity contribution is 0.223. The summed E-state index contributed by atoms with van der Waals surface area (Å²) >= 11 is 0. The van der Waals surface area contributed by atoms with E-state index in [9.17, 15) is 4.79 Å². The third kappa shape index (κ3) is 9.32. The van der Waals surface area contributed by atoms with Crippen LogP contribution in [0.3, 0.4) is 0 Å². The number of unbranched alkanes of at least 4 members (excludes halogenated alkanes) is 8. The third-order valence-electron chi connectivity index (χ3n) is 5.17. The van der Waals surface area contributed by atoms with Crippen molar-refractivity contribution in [3.05, 3.63) is 0 Å². The van der Waals surface area contributed by atoms with Crippen molar-refractivity contribution in [3.63, 3.8) is 0 Å². The first-order valence-electron chi connectivity index (χ1n) is 9.80. The Morgan fingerprint density at radius 2 is 1.50 bits per heavy atom. The van der Waals surface area contributed by atoms with Crippen molar-refractivity contribution in [3.8, 4) is 0 Å². The van der Waals surface area contributed by atoms with Crippen LogP contribution >= 0.6 is 0 Å². The Morgan fingerprint density at radius 3 is 2.05 bits per heavy atom. The lowest BCUT2D eigenvalue weighted by atomic mass is 9.82. The Labute approximate surface area is 137 Å². The molecule has 1 saturated carbocycles. The molecule has 0 aliphatic heterocycles. The predicted molar refractivity (Wildman–Crippen MR) is 94.9 cm³/mol. The molecule has 1 aliphatic carbocycles. The van der Waals surface area contributed by atoms with Crippen LogP contribution in [-0.2, 0) is 0 Å². The zero-order valence-corrected chi connectivity index (χ0v) is 14.7. The topological polar surface area (TPSA) is 55.1 Å². The van der Waals surface area contributed by atoms with Gasteiger partial charge in [0, 0.05) is 6.04 Å². The van der Waals surface area contributed by atoms with Crippen molar-refractivity contribution < 1.29 is 4.79 Å². The van der Waals surface area contributed by atoms with Crippen molar-refractivity contribution in [2.45, 2.75) is 109 Å². The molecule has 0 aromatic carbocycles. The summed E-state index contributed by atoms with van der Waals surface area (Å²) in [6.07, 6.45) is 19.8. The van der Waals surface area contributed by atoms with E-state index in [0.29, 0.717) is 12.0 Å². The number of amides is 2. The van der Waals surface area contributed by atoms with E-state index >= 15 is 0 Å². The van der Waals surface area contributed by atoms with Gasteiger partial charge in [0.25, 0.3) is 0 Å². The van der Waals surface area contributed by atoms with Crippen LogP contribution in [0, 0.1) is 5.92 Å². The van der Waals surface area contributed by atoms with Crippen molar-refractivity contribution in [1.29, 1.82) is 0 Å². The minimum atomic E-state index is -0.341. The third-order valence-corrected chi connectivity index (χ3v) is 5.17. The van der Waals surface area contributed by atoms with Crippen LogP contribution in [-0.4, -0.2) is 12.1 Å². The number of primary amides is 1. The highest BCUT2D eigenvalue weighted by Gasteiger charge is 2.23. The molecule has 3 nitrogen and oxygen atoms in total. The summed E-state index contributed by atoms with van der Waals surface area (Å²) in [6.45, 7) is 2.27. The second kappa shape index (κ2) is 12.8. The lowest BCUT2D eigenvalue weighted by Gasteiger charge is -2.30. The SMILES string of the molecule is CCCCCCCCCCCC(NC(N)=O)C1CCCCC1. The van der Waals surface area contributed by atoms with E-state index in [-0.39, 0.29) is 6.03 Å². The van der Waals surface area contributed by atoms with Crippen LogP contribution in [0.1, 0.15) is 103 Å². The van der Waals surface area contributed by atoms with E-state index in [1.165, 1.54) is 89.9 Å². The molecule has 130 valence electrons. The van der Waals surface area contributed by atoms with Crippen molar-refractivity contribution >= 4 is 6.03 Å². The first-order valence-corrected chi connectivity index (χ1v) is 9.80. The maximum atomic E-state index is 11.2. The molecule has 0 radical (unpaired) electrons. The minimum Gasteiger partial charge on any atom is -0.352 e. The molecule has 1 fully saturated rings. The van der Waals surface area contributed by atoms with Crippen LogP contribution in [0.2, 0.25) is 0 Å². The second-order valence-electron chi connectivity index (χ2n) is 7.13. The molecule has 1 aliphatic rings. The number of rotatable bonds is 12. The molecule has 0 heterocycles. The summed E-state index contributed by atoms with van der Waals surface area (Å²) in [5.74, 6) is 0.662. The van der Waals surface area contributed by atoms with Gasteiger partial charge in [0.05, 0.1) is 0 Å². The summed E-state index contributed by atoms with van der Waals surface area (Å²) in [5.41, 5.74) is 5.36. The quantitative estimate of drug-likeness (QED) is 0.458. The maximum Gasteiger partial charge on any atom is 0.312 e. The molecule has 22 heavy (non-hydrogen) atoms. The number of carbonyl (C=O) groups is 1. The van der Waals surface area contributed by atoms with Gasteiger partial charge in [0.1, 0.15) is 0 Å².